The molecule has 0 radical (unpaired) electrons. The van der Waals surface area contributed by atoms with E-state index < -0.39 is 9.84 Å². The highest BCUT2D eigenvalue weighted by Crippen LogP contribution is 2.27. The highest BCUT2D eigenvalue weighted by atomic mass is 32.2. The van der Waals surface area contributed by atoms with Crippen molar-refractivity contribution >= 4 is 32.2 Å². The fraction of sp³-hybridized carbons (Fsp3) is 0.222. The number of nitrogens with zero attached hydrogens (tertiary/aromatic N) is 2. The van der Waals surface area contributed by atoms with Gasteiger partial charge in [-0.05, 0) is 36.8 Å². The van der Waals surface area contributed by atoms with Crippen molar-refractivity contribution in [3.05, 3.63) is 48.8 Å². The number of ether oxygens (including phenoxy) is 1. The Morgan fingerprint density at radius 2 is 1.96 bits per heavy atom. The summed E-state index contributed by atoms with van der Waals surface area (Å²) in [5.41, 5.74) is 1.47. The molecule has 0 aliphatic carbocycles. The Morgan fingerprint density at radius 3 is 2.72 bits per heavy atom. The van der Waals surface area contributed by atoms with Gasteiger partial charge in [0.05, 0.1) is 17.0 Å². The lowest BCUT2D eigenvalue weighted by Crippen LogP contribution is -2.00. The molecule has 0 fully saturated rings. The normalized spacial score (nSPS) is 11.4. The average molecular weight is 357 g/mol. The van der Waals surface area contributed by atoms with Crippen LogP contribution in [0.2, 0.25) is 0 Å². The minimum absolute atomic E-state index is 0.234. The fourth-order valence-electron chi connectivity index (χ4n) is 2.39. The largest absolute Gasteiger partial charge is 0.494 e. The summed E-state index contributed by atoms with van der Waals surface area (Å²) in [5, 5.41) is 3.86. The zero-order chi connectivity index (χ0) is 17.9. The zero-order valence-electron chi connectivity index (χ0n) is 14.1. The molecule has 0 atom stereocenters. The first-order chi connectivity index (χ1) is 12.0. The number of hydrogen-bond acceptors (Lipinski definition) is 6. The predicted molar refractivity (Wildman–Crippen MR) is 98.2 cm³/mol. The first-order valence-electron chi connectivity index (χ1n) is 7.92. The summed E-state index contributed by atoms with van der Waals surface area (Å²) in [7, 11) is -3.30. The van der Waals surface area contributed by atoms with E-state index in [4.69, 9.17) is 4.74 Å². The molecule has 0 aliphatic rings. The second-order valence-corrected chi connectivity index (χ2v) is 7.69. The summed E-state index contributed by atoms with van der Waals surface area (Å²) in [5.74, 6) is 1.31. The molecule has 0 amide bonds. The van der Waals surface area contributed by atoms with Crippen molar-refractivity contribution in [2.75, 3.05) is 18.2 Å². The Labute approximate surface area is 146 Å². The molecule has 3 rings (SSSR count). The quantitative estimate of drug-likeness (QED) is 0.726. The van der Waals surface area contributed by atoms with Crippen LogP contribution in [0, 0.1) is 0 Å². The Balaban J connectivity index is 1.98. The molecule has 25 heavy (non-hydrogen) atoms. The molecule has 0 saturated carbocycles. The van der Waals surface area contributed by atoms with Crippen molar-refractivity contribution in [1.29, 1.82) is 0 Å². The van der Waals surface area contributed by atoms with Crippen LogP contribution in [0.4, 0.5) is 11.5 Å². The number of hydrogen-bond donors (Lipinski definition) is 1. The molecule has 1 aromatic heterocycles. The Hall–Kier alpha value is -2.67. The van der Waals surface area contributed by atoms with Crippen molar-refractivity contribution < 1.29 is 13.2 Å². The number of sulfone groups is 1. The van der Waals surface area contributed by atoms with E-state index in [0.29, 0.717) is 23.3 Å². The molecule has 0 unspecified atom stereocenters. The molecule has 1 N–H and O–H groups in total. The summed E-state index contributed by atoms with van der Waals surface area (Å²) >= 11 is 0. The monoisotopic (exact) mass is 357 g/mol. The third-order valence-electron chi connectivity index (χ3n) is 3.60. The molecule has 1 heterocycles. The minimum atomic E-state index is -3.30. The molecular weight excluding hydrogens is 338 g/mol. The van der Waals surface area contributed by atoms with Crippen LogP contribution in [0.1, 0.15) is 13.3 Å². The average Bonchev–Trinajstić information content (AvgIpc) is 2.59. The van der Waals surface area contributed by atoms with Crippen molar-refractivity contribution in [2.45, 2.75) is 18.2 Å². The topological polar surface area (TPSA) is 81.2 Å². The van der Waals surface area contributed by atoms with Gasteiger partial charge in [-0.3, -0.25) is 0 Å². The molecule has 3 aromatic rings. The number of rotatable bonds is 6. The first kappa shape index (κ1) is 17.2. The summed E-state index contributed by atoms with van der Waals surface area (Å²) in [6, 6.07) is 12.4. The van der Waals surface area contributed by atoms with E-state index in [2.05, 4.69) is 22.2 Å². The van der Waals surface area contributed by atoms with E-state index in [9.17, 15) is 8.42 Å². The number of nitrogens with one attached hydrogen (secondary N) is 1. The third kappa shape index (κ3) is 4.06. The molecule has 2 aromatic carbocycles. The van der Waals surface area contributed by atoms with Gasteiger partial charge in [-0.25, -0.2) is 18.4 Å². The van der Waals surface area contributed by atoms with Crippen molar-refractivity contribution in [2.24, 2.45) is 0 Å². The summed E-state index contributed by atoms with van der Waals surface area (Å²) in [6.07, 6.45) is 3.56. The van der Waals surface area contributed by atoms with Crippen molar-refractivity contribution in [3.63, 3.8) is 0 Å². The highest BCUT2D eigenvalue weighted by Gasteiger charge is 2.11. The molecule has 0 aliphatic heterocycles. The second kappa shape index (κ2) is 7.06. The van der Waals surface area contributed by atoms with E-state index in [-0.39, 0.29) is 4.90 Å². The van der Waals surface area contributed by atoms with Gasteiger partial charge in [-0.1, -0.05) is 13.0 Å². The number of benzene rings is 2. The van der Waals surface area contributed by atoms with Crippen molar-refractivity contribution in [3.8, 4) is 5.75 Å². The molecule has 6 nitrogen and oxygen atoms in total. The SMILES string of the molecule is CCCOc1cccc(Nc2ncnc3ccc(S(C)(=O)=O)cc23)c1. The van der Waals surface area contributed by atoms with Gasteiger partial charge in [0.15, 0.2) is 9.84 Å². The third-order valence-corrected chi connectivity index (χ3v) is 4.71. The lowest BCUT2D eigenvalue weighted by atomic mass is 10.2. The smallest absolute Gasteiger partial charge is 0.175 e. The lowest BCUT2D eigenvalue weighted by molar-refractivity contribution is 0.317. The Kier molecular flexibility index (Phi) is 4.85. The van der Waals surface area contributed by atoms with Gasteiger partial charge in [0.25, 0.3) is 0 Å². The van der Waals surface area contributed by atoms with Crippen LogP contribution in [0.5, 0.6) is 5.75 Å². The highest BCUT2D eigenvalue weighted by molar-refractivity contribution is 7.90. The lowest BCUT2D eigenvalue weighted by Gasteiger charge is -2.11. The van der Waals surface area contributed by atoms with Gasteiger partial charge in [0.2, 0.25) is 0 Å². The summed E-state index contributed by atoms with van der Waals surface area (Å²) in [4.78, 5) is 8.69. The van der Waals surface area contributed by atoms with E-state index in [1.54, 1.807) is 18.2 Å². The maximum atomic E-state index is 11.8. The molecule has 0 saturated heterocycles. The first-order valence-corrected chi connectivity index (χ1v) is 9.81. The van der Waals surface area contributed by atoms with Crippen LogP contribution in [-0.2, 0) is 9.84 Å². The molecule has 0 spiro atoms. The molecule has 130 valence electrons. The van der Waals surface area contributed by atoms with E-state index >= 15 is 0 Å². The standard InChI is InChI=1S/C18H19N3O3S/c1-3-9-24-14-6-4-5-13(10-14)21-18-16-11-15(25(2,22)23)7-8-17(16)19-12-20-18/h4-8,10-12H,3,9H2,1-2H3,(H,19,20,21). The van der Waals surface area contributed by atoms with E-state index in [0.717, 1.165) is 17.9 Å². The van der Waals surface area contributed by atoms with Crippen LogP contribution < -0.4 is 10.1 Å². The van der Waals surface area contributed by atoms with Crippen molar-refractivity contribution in [1.82, 2.24) is 9.97 Å². The molecule has 0 bridgehead atoms. The van der Waals surface area contributed by atoms with Crippen LogP contribution in [-0.4, -0.2) is 31.2 Å². The van der Waals surface area contributed by atoms with Crippen LogP contribution in [0.3, 0.4) is 0 Å². The molecular formula is C18H19N3O3S. The van der Waals surface area contributed by atoms with Gasteiger partial charge >= 0.3 is 0 Å². The maximum Gasteiger partial charge on any atom is 0.175 e. The fourth-order valence-corrected chi connectivity index (χ4v) is 3.03. The Bertz CT molecular complexity index is 1000. The van der Waals surface area contributed by atoms with E-state index in [1.807, 2.05) is 24.3 Å². The number of fused-ring (bicyclic) bond motifs is 1. The van der Waals surface area contributed by atoms with Crippen LogP contribution in [0.25, 0.3) is 10.9 Å². The van der Waals surface area contributed by atoms with Gasteiger partial charge in [-0.15, -0.1) is 0 Å². The van der Waals surface area contributed by atoms with Crippen LogP contribution in [0.15, 0.2) is 53.7 Å². The number of anilines is 2. The summed E-state index contributed by atoms with van der Waals surface area (Å²) in [6.45, 7) is 2.70. The zero-order valence-corrected chi connectivity index (χ0v) is 14.9. The minimum Gasteiger partial charge on any atom is -0.494 e. The van der Waals surface area contributed by atoms with Gasteiger partial charge < -0.3 is 10.1 Å². The second-order valence-electron chi connectivity index (χ2n) is 5.67. The molecule has 7 heteroatoms. The predicted octanol–water partition coefficient (Wildman–Crippen LogP) is 3.57. The number of aromatic nitrogens is 2. The van der Waals surface area contributed by atoms with Crippen LogP contribution >= 0.6 is 0 Å². The van der Waals surface area contributed by atoms with E-state index in [1.165, 1.54) is 12.6 Å². The maximum absolute atomic E-state index is 11.8. The summed E-state index contributed by atoms with van der Waals surface area (Å²) < 4.78 is 29.3. The van der Waals surface area contributed by atoms with Gasteiger partial charge in [0, 0.05) is 23.4 Å². The van der Waals surface area contributed by atoms with Gasteiger partial charge in [-0.2, -0.15) is 0 Å². The van der Waals surface area contributed by atoms with Gasteiger partial charge in [0.1, 0.15) is 17.9 Å². The Morgan fingerprint density at radius 1 is 1.12 bits per heavy atom.